The summed E-state index contributed by atoms with van der Waals surface area (Å²) >= 11 is 0. The number of aliphatic carboxylic acids is 2. The number of hydrogen-bond donors (Lipinski definition) is 5. The topological polar surface area (TPSA) is 295 Å². The number of nitriles is 1. The van der Waals surface area contributed by atoms with Gasteiger partial charge in [0.2, 0.25) is 17.7 Å². The molecule has 71 heavy (non-hydrogen) atoms. The first-order valence-electron chi connectivity index (χ1n) is 21.9. The van der Waals surface area contributed by atoms with Gasteiger partial charge in [-0.25, -0.2) is 33.7 Å². The highest BCUT2D eigenvalue weighted by Crippen LogP contribution is 2.23. The van der Waals surface area contributed by atoms with E-state index in [1.54, 1.807) is 99.0 Å². The Morgan fingerprint density at radius 3 is 1.68 bits per heavy atom. The van der Waals surface area contributed by atoms with Gasteiger partial charge in [-0.1, -0.05) is 66.7 Å². The molecule has 2 saturated heterocycles. The van der Waals surface area contributed by atoms with E-state index < -0.39 is 72.2 Å². The van der Waals surface area contributed by atoms with E-state index in [4.69, 9.17) is 19.5 Å². The van der Waals surface area contributed by atoms with Crippen molar-refractivity contribution < 1.29 is 67.6 Å². The van der Waals surface area contributed by atoms with Gasteiger partial charge < -0.3 is 55.1 Å². The van der Waals surface area contributed by atoms with Crippen molar-refractivity contribution in [3.63, 3.8) is 0 Å². The number of nitrogens with zero attached hydrogens (tertiary/aromatic N) is 5. The van der Waals surface area contributed by atoms with Gasteiger partial charge in [0.1, 0.15) is 42.3 Å². The molecule has 8 amide bonds. The van der Waals surface area contributed by atoms with Crippen LogP contribution in [0.1, 0.15) is 40.7 Å². The van der Waals surface area contributed by atoms with E-state index in [9.17, 15) is 53.4 Å². The molecule has 2 heterocycles. The van der Waals surface area contributed by atoms with Crippen LogP contribution >= 0.6 is 0 Å². The van der Waals surface area contributed by atoms with E-state index in [-0.39, 0.29) is 50.6 Å². The lowest BCUT2D eigenvalue weighted by molar-refractivity contribution is -0.143. The van der Waals surface area contributed by atoms with Crippen molar-refractivity contribution in [1.82, 2.24) is 35.6 Å². The number of ether oxygens (including phenoxy) is 3. The van der Waals surface area contributed by atoms with Crippen molar-refractivity contribution >= 4 is 54.0 Å². The number of urea groups is 1. The fraction of sp³-hybridized carbons (Fsp3) is 0.306. The Bertz CT molecular complexity index is 2620. The molecule has 2 fully saturated rings. The number of imide groups is 1. The van der Waals surface area contributed by atoms with Crippen LogP contribution in [0.2, 0.25) is 0 Å². The van der Waals surface area contributed by atoms with Crippen molar-refractivity contribution in [2.45, 2.75) is 63.0 Å². The highest BCUT2D eigenvalue weighted by atomic mass is 16.6. The zero-order valence-corrected chi connectivity index (χ0v) is 39.1. The molecule has 2 aliphatic heterocycles. The maximum atomic E-state index is 13.0. The standard InChI is InChI=1S/C25H26N4O6.C24H26N4O8/c1-28(2)25(34)35-19-9-7-16(8-10-19)13-20(24(32)33)27-23(31)21-11-12-22(30)29(21)15-18-5-3-17(14-26)4-6-18;1-27(2)23(33)36-17-10-8-15(9-11-17)12-18(21(30)31)25-20(29)19-13-28(22(32)26-19)24(34)35-14-16-6-4-3-5-7-16/h3-10,20-21H,11-13,15H2,1-2H3,(H,27,31)(H,32,33);3-11,18-19H,12-14H2,1-2H3,(H,25,29)(H,26,32)(H,30,31)/t20-,21-;18-,19?/m00/s1. The number of carboxylic acids is 2. The number of benzene rings is 4. The van der Waals surface area contributed by atoms with E-state index in [0.717, 1.165) is 16.0 Å². The summed E-state index contributed by atoms with van der Waals surface area (Å²) in [5.74, 6) is -3.38. The number of carbonyl (C=O) groups excluding carboxylic acids is 7. The van der Waals surface area contributed by atoms with Crippen LogP contribution in [0, 0.1) is 11.3 Å². The minimum Gasteiger partial charge on any atom is -0.480 e. The second-order valence-electron chi connectivity index (χ2n) is 16.6. The molecular weight excluding hydrogens is 925 g/mol. The van der Waals surface area contributed by atoms with Gasteiger partial charge in [0, 0.05) is 54.0 Å². The zero-order chi connectivity index (χ0) is 51.8. The molecule has 5 N–H and O–H groups in total. The molecule has 2 aliphatic rings. The minimum atomic E-state index is -1.30. The van der Waals surface area contributed by atoms with Crippen LogP contribution in [0.5, 0.6) is 11.5 Å². The molecule has 0 saturated carbocycles. The molecule has 4 aromatic rings. The van der Waals surface area contributed by atoms with Gasteiger partial charge in [-0.15, -0.1) is 0 Å². The Hall–Kier alpha value is -9.00. The quantitative estimate of drug-likeness (QED) is 0.107. The smallest absolute Gasteiger partial charge is 0.418 e. The van der Waals surface area contributed by atoms with Gasteiger partial charge in [0.15, 0.2) is 0 Å². The van der Waals surface area contributed by atoms with Gasteiger partial charge >= 0.3 is 36.2 Å². The lowest BCUT2D eigenvalue weighted by Crippen LogP contribution is -2.50. The van der Waals surface area contributed by atoms with Gasteiger partial charge in [0.05, 0.1) is 18.2 Å². The predicted molar refractivity (Wildman–Crippen MR) is 249 cm³/mol. The fourth-order valence-corrected chi connectivity index (χ4v) is 6.91. The Labute approximate surface area is 407 Å². The minimum absolute atomic E-state index is 0.0132. The molecule has 4 aromatic carbocycles. The van der Waals surface area contributed by atoms with Crippen LogP contribution in [0.3, 0.4) is 0 Å². The summed E-state index contributed by atoms with van der Waals surface area (Å²) in [4.78, 5) is 114. The first kappa shape index (κ1) is 53.0. The summed E-state index contributed by atoms with van der Waals surface area (Å²) in [7, 11) is 6.19. The van der Waals surface area contributed by atoms with Gasteiger partial charge in [-0.3, -0.25) is 14.4 Å². The maximum Gasteiger partial charge on any atom is 0.418 e. The van der Waals surface area contributed by atoms with E-state index in [1.165, 1.54) is 40.9 Å². The van der Waals surface area contributed by atoms with Gasteiger partial charge in [-0.05, 0) is 65.1 Å². The Balaban J connectivity index is 0.000000264. The fourth-order valence-electron chi connectivity index (χ4n) is 6.91. The molecule has 372 valence electrons. The second kappa shape index (κ2) is 24.9. The maximum absolute atomic E-state index is 13.0. The summed E-state index contributed by atoms with van der Waals surface area (Å²) in [6.07, 6.45) is -1.58. The van der Waals surface area contributed by atoms with Crippen LogP contribution in [0.4, 0.5) is 19.2 Å². The van der Waals surface area contributed by atoms with Crippen molar-refractivity contribution in [3.8, 4) is 17.6 Å². The molecule has 0 radical (unpaired) electrons. The lowest BCUT2D eigenvalue weighted by atomic mass is 10.0. The first-order valence-corrected chi connectivity index (χ1v) is 21.9. The number of hydrogen-bond acceptors (Lipinski definition) is 13. The largest absolute Gasteiger partial charge is 0.480 e. The Kier molecular flexibility index (Phi) is 18.5. The SMILES string of the molecule is CN(C)C(=O)Oc1ccc(C[C@H](NC(=O)C2CN(C(=O)OCc3ccccc3)C(=O)N2)C(=O)O)cc1.CN(C)C(=O)Oc1ccc(C[C@H](NC(=O)[C@@H]2CCC(=O)N2Cc2ccc(C#N)cc2)C(=O)O)cc1. The zero-order valence-electron chi connectivity index (χ0n) is 39.1. The number of rotatable bonds is 16. The van der Waals surface area contributed by atoms with E-state index in [1.807, 2.05) is 12.1 Å². The van der Waals surface area contributed by atoms with Crippen LogP contribution < -0.4 is 25.4 Å². The molecule has 0 aromatic heterocycles. The molecule has 0 aliphatic carbocycles. The molecule has 1 unspecified atom stereocenters. The second-order valence-corrected chi connectivity index (χ2v) is 16.6. The summed E-state index contributed by atoms with van der Waals surface area (Å²) < 4.78 is 15.4. The Morgan fingerprint density at radius 1 is 0.704 bits per heavy atom. The van der Waals surface area contributed by atoms with E-state index >= 15 is 0 Å². The number of likely N-dealkylation sites (tertiary alicyclic amines) is 1. The third kappa shape index (κ3) is 15.5. The normalized spacial score (nSPS) is 15.6. The van der Waals surface area contributed by atoms with Crippen molar-refractivity contribution in [2.24, 2.45) is 0 Å². The molecule has 22 heteroatoms. The molecular formula is C49H52N8O14. The van der Waals surface area contributed by atoms with Crippen LogP contribution in [0.15, 0.2) is 103 Å². The third-order valence-electron chi connectivity index (χ3n) is 10.8. The van der Waals surface area contributed by atoms with Crippen LogP contribution in [-0.2, 0) is 54.7 Å². The number of carboxylic acid groups (broad SMARTS) is 2. The summed E-state index contributed by atoms with van der Waals surface area (Å²) in [5, 5.41) is 35.5. The highest BCUT2D eigenvalue weighted by Gasteiger charge is 2.40. The third-order valence-corrected chi connectivity index (χ3v) is 10.8. The Morgan fingerprint density at radius 2 is 1.20 bits per heavy atom. The van der Waals surface area contributed by atoms with Crippen molar-refractivity contribution in [3.05, 3.63) is 131 Å². The predicted octanol–water partition coefficient (Wildman–Crippen LogP) is 3.51. The van der Waals surface area contributed by atoms with Crippen LogP contribution in [0.25, 0.3) is 0 Å². The monoisotopic (exact) mass is 976 g/mol. The lowest BCUT2D eigenvalue weighted by Gasteiger charge is -2.26. The van der Waals surface area contributed by atoms with Crippen LogP contribution in [-0.4, -0.2) is 143 Å². The average molecular weight is 977 g/mol. The molecule has 0 spiro atoms. The number of carbonyl (C=O) groups is 9. The summed E-state index contributed by atoms with van der Waals surface area (Å²) in [6.45, 7) is -0.168. The van der Waals surface area contributed by atoms with E-state index in [2.05, 4.69) is 16.0 Å². The number of nitrogens with one attached hydrogen (secondary N) is 3. The van der Waals surface area contributed by atoms with Gasteiger partial charge in [0.25, 0.3) is 0 Å². The summed E-state index contributed by atoms with van der Waals surface area (Å²) in [5.41, 5.74) is 3.17. The molecule has 4 atom stereocenters. The van der Waals surface area contributed by atoms with Gasteiger partial charge in [-0.2, -0.15) is 5.26 Å². The van der Waals surface area contributed by atoms with Crippen molar-refractivity contribution in [2.75, 3.05) is 34.7 Å². The van der Waals surface area contributed by atoms with E-state index in [0.29, 0.717) is 28.9 Å². The first-order chi connectivity index (χ1) is 33.8. The molecule has 22 nitrogen and oxygen atoms in total. The molecule has 0 bridgehead atoms. The van der Waals surface area contributed by atoms with Crippen molar-refractivity contribution in [1.29, 1.82) is 5.26 Å². The molecule has 6 rings (SSSR count). The highest BCUT2D eigenvalue weighted by molar-refractivity contribution is 5.99. The number of amides is 8. The average Bonchev–Trinajstić information content (AvgIpc) is 3.93. The summed E-state index contributed by atoms with van der Waals surface area (Å²) in [6, 6.07) is 24.9.